The van der Waals surface area contributed by atoms with Crippen LogP contribution in [-0.4, -0.2) is 21.0 Å². The Morgan fingerprint density at radius 2 is 1.96 bits per heavy atom. The zero-order chi connectivity index (χ0) is 18.5. The molecule has 0 saturated heterocycles. The molecule has 5 nitrogen and oxygen atoms in total. The van der Waals surface area contributed by atoms with E-state index < -0.39 is 11.6 Å². The summed E-state index contributed by atoms with van der Waals surface area (Å²) in [5.74, 6) is -0.505. The summed E-state index contributed by atoms with van der Waals surface area (Å²) >= 11 is 0. The van der Waals surface area contributed by atoms with Gasteiger partial charge in [0, 0.05) is 36.1 Å². The van der Waals surface area contributed by atoms with Crippen LogP contribution in [0.5, 0.6) is 0 Å². The Kier molecular flexibility index (Phi) is 5.36. The Morgan fingerprint density at radius 3 is 2.65 bits per heavy atom. The second-order valence-electron chi connectivity index (χ2n) is 5.91. The average molecular weight is 355 g/mol. The van der Waals surface area contributed by atoms with Crippen LogP contribution < -0.4 is 10.6 Å². The van der Waals surface area contributed by atoms with Crippen LogP contribution in [-0.2, 0) is 0 Å². The molecular weight excluding hydrogens is 336 g/mol. The van der Waals surface area contributed by atoms with Crippen molar-refractivity contribution in [2.45, 2.75) is 26.3 Å². The number of aromatic nitrogens is 3. The van der Waals surface area contributed by atoms with Crippen molar-refractivity contribution in [3.8, 4) is 11.3 Å². The molecule has 1 aromatic carbocycles. The van der Waals surface area contributed by atoms with Gasteiger partial charge in [-0.15, -0.1) is 0 Å². The fourth-order valence-corrected chi connectivity index (χ4v) is 2.29. The van der Waals surface area contributed by atoms with Gasteiger partial charge >= 0.3 is 0 Å². The van der Waals surface area contributed by atoms with Gasteiger partial charge in [-0.05, 0) is 37.6 Å². The SMILES string of the molecule is CC[C@H](C)Nc1nc(Nc2ccc(F)cc2F)cc(-c2cccnc2)n1. The first kappa shape index (κ1) is 17.7. The molecule has 134 valence electrons. The molecule has 0 aliphatic heterocycles. The largest absolute Gasteiger partial charge is 0.352 e. The highest BCUT2D eigenvalue weighted by Gasteiger charge is 2.11. The highest BCUT2D eigenvalue weighted by Crippen LogP contribution is 2.25. The Bertz CT molecular complexity index is 886. The molecule has 1 atom stereocenters. The van der Waals surface area contributed by atoms with Crippen molar-refractivity contribution in [1.82, 2.24) is 15.0 Å². The van der Waals surface area contributed by atoms with E-state index in [0.717, 1.165) is 18.1 Å². The van der Waals surface area contributed by atoms with Crippen molar-refractivity contribution in [3.63, 3.8) is 0 Å². The van der Waals surface area contributed by atoms with Crippen molar-refractivity contribution >= 4 is 17.5 Å². The third-order valence-electron chi connectivity index (χ3n) is 3.87. The lowest BCUT2D eigenvalue weighted by molar-refractivity contribution is 0.586. The molecule has 0 bridgehead atoms. The molecule has 0 radical (unpaired) electrons. The summed E-state index contributed by atoms with van der Waals surface area (Å²) in [5.41, 5.74) is 1.59. The maximum Gasteiger partial charge on any atom is 0.225 e. The summed E-state index contributed by atoms with van der Waals surface area (Å²) < 4.78 is 27.1. The minimum Gasteiger partial charge on any atom is -0.352 e. The summed E-state index contributed by atoms with van der Waals surface area (Å²) in [6.07, 6.45) is 4.27. The molecule has 7 heteroatoms. The number of anilines is 3. The zero-order valence-corrected chi connectivity index (χ0v) is 14.5. The third-order valence-corrected chi connectivity index (χ3v) is 3.87. The molecule has 0 fully saturated rings. The van der Waals surface area contributed by atoms with Crippen LogP contribution >= 0.6 is 0 Å². The van der Waals surface area contributed by atoms with E-state index in [-0.39, 0.29) is 11.7 Å². The maximum absolute atomic E-state index is 14.0. The van der Waals surface area contributed by atoms with Gasteiger partial charge in [-0.2, -0.15) is 4.98 Å². The predicted molar refractivity (Wildman–Crippen MR) is 98.3 cm³/mol. The number of nitrogens with zero attached hydrogens (tertiary/aromatic N) is 3. The van der Waals surface area contributed by atoms with Crippen molar-refractivity contribution in [3.05, 3.63) is 60.4 Å². The fraction of sp³-hybridized carbons (Fsp3) is 0.211. The standard InChI is InChI=1S/C19H19F2N5/c1-3-12(2)23-19-25-17(13-5-4-8-22-11-13)10-18(26-19)24-16-7-6-14(20)9-15(16)21/h4-12H,3H2,1-2H3,(H2,23,24,25,26)/t12-/m0/s1. The van der Waals surface area contributed by atoms with Crippen LogP contribution in [0.1, 0.15) is 20.3 Å². The topological polar surface area (TPSA) is 62.7 Å². The van der Waals surface area contributed by atoms with Gasteiger partial charge in [-0.25, -0.2) is 13.8 Å². The predicted octanol–water partition coefficient (Wildman–Crippen LogP) is 4.77. The van der Waals surface area contributed by atoms with Crippen molar-refractivity contribution in [1.29, 1.82) is 0 Å². The average Bonchev–Trinajstić information content (AvgIpc) is 2.64. The highest BCUT2D eigenvalue weighted by atomic mass is 19.1. The lowest BCUT2D eigenvalue weighted by Gasteiger charge is -2.15. The molecule has 2 N–H and O–H groups in total. The Morgan fingerprint density at radius 1 is 1.12 bits per heavy atom. The monoisotopic (exact) mass is 355 g/mol. The van der Waals surface area contributed by atoms with Gasteiger partial charge in [-0.1, -0.05) is 6.92 Å². The molecule has 0 aliphatic rings. The summed E-state index contributed by atoms with van der Waals surface area (Å²) in [6.45, 7) is 4.07. The van der Waals surface area contributed by atoms with E-state index in [9.17, 15) is 8.78 Å². The van der Waals surface area contributed by atoms with E-state index in [0.29, 0.717) is 17.5 Å². The van der Waals surface area contributed by atoms with Gasteiger partial charge in [0.15, 0.2) is 0 Å². The summed E-state index contributed by atoms with van der Waals surface area (Å²) in [6, 6.07) is 8.90. The third kappa shape index (κ3) is 4.30. The van der Waals surface area contributed by atoms with E-state index in [4.69, 9.17) is 0 Å². The highest BCUT2D eigenvalue weighted by molar-refractivity contribution is 5.67. The van der Waals surface area contributed by atoms with E-state index >= 15 is 0 Å². The van der Waals surface area contributed by atoms with Crippen molar-refractivity contribution in [2.24, 2.45) is 0 Å². The van der Waals surface area contributed by atoms with Crippen LogP contribution in [0.4, 0.5) is 26.2 Å². The molecule has 0 amide bonds. The first-order chi connectivity index (χ1) is 12.5. The smallest absolute Gasteiger partial charge is 0.225 e. The molecule has 26 heavy (non-hydrogen) atoms. The Hall–Kier alpha value is -3.09. The molecule has 3 aromatic rings. The Balaban J connectivity index is 1.98. The van der Waals surface area contributed by atoms with Crippen LogP contribution in [0.25, 0.3) is 11.3 Å². The minimum absolute atomic E-state index is 0.136. The minimum atomic E-state index is -0.692. The first-order valence-electron chi connectivity index (χ1n) is 8.33. The van der Waals surface area contributed by atoms with Crippen LogP contribution in [0.2, 0.25) is 0 Å². The number of pyridine rings is 1. The van der Waals surface area contributed by atoms with Gasteiger partial charge in [0.05, 0.1) is 11.4 Å². The number of hydrogen-bond acceptors (Lipinski definition) is 5. The molecule has 3 rings (SSSR count). The van der Waals surface area contributed by atoms with E-state index in [2.05, 4.69) is 32.5 Å². The van der Waals surface area contributed by atoms with E-state index in [1.54, 1.807) is 18.5 Å². The first-order valence-corrected chi connectivity index (χ1v) is 8.33. The molecule has 0 unspecified atom stereocenters. The second-order valence-corrected chi connectivity index (χ2v) is 5.91. The normalized spacial score (nSPS) is 11.8. The zero-order valence-electron chi connectivity index (χ0n) is 14.5. The van der Waals surface area contributed by atoms with Crippen molar-refractivity contribution in [2.75, 3.05) is 10.6 Å². The van der Waals surface area contributed by atoms with Gasteiger partial charge in [0.2, 0.25) is 5.95 Å². The molecular formula is C19H19F2N5. The fourth-order valence-electron chi connectivity index (χ4n) is 2.29. The van der Waals surface area contributed by atoms with Gasteiger partial charge < -0.3 is 10.6 Å². The molecule has 0 aliphatic carbocycles. The molecule has 2 heterocycles. The van der Waals surface area contributed by atoms with Crippen LogP contribution in [0, 0.1) is 11.6 Å². The van der Waals surface area contributed by atoms with Crippen LogP contribution in [0.15, 0.2) is 48.8 Å². The number of rotatable bonds is 6. The lowest BCUT2D eigenvalue weighted by atomic mass is 10.2. The Labute approximate surface area is 150 Å². The second kappa shape index (κ2) is 7.86. The van der Waals surface area contributed by atoms with E-state index in [1.807, 2.05) is 19.1 Å². The quantitative estimate of drug-likeness (QED) is 0.667. The number of benzene rings is 1. The number of hydrogen-bond donors (Lipinski definition) is 2. The van der Waals surface area contributed by atoms with E-state index in [1.165, 1.54) is 12.1 Å². The molecule has 2 aromatic heterocycles. The van der Waals surface area contributed by atoms with Crippen LogP contribution in [0.3, 0.4) is 0 Å². The molecule has 0 spiro atoms. The molecule has 0 saturated carbocycles. The maximum atomic E-state index is 14.0. The summed E-state index contributed by atoms with van der Waals surface area (Å²) in [5, 5.41) is 6.10. The number of halogens is 2. The summed E-state index contributed by atoms with van der Waals surface area (Å²) in [4.78, 5) is 13.0. The van der Waals surface area contributed by atoms with Gasteiger partial charge in [-0.3, -0.25) is 4.98 Å². The lowest BCUT2D eigenvalue weighted by Crippen LogP contribution is -2.16. The van der Waals surface area contributed by atoms with Gasteiger partial charge in [0.1, 0.15) is 17.5 Å². The van der Waals surface area contributed by atoms with Gasteiger partial charge in [0.25, 0.3) is 0 Å². The summed E-state index contributed by atoms with van der Waals surface area (Å²) in [7, 11) is 0. The van der Waals surface area contributed by atoms with Crippen molar-refractivity contribution < 1.29 is 8.78 Å². The number of nitrogens with one attached hydrogen (secondary N) is 2.